The molecule has 0 aromatic rings. The van der Waals surface area contributed by atoms with Crippen LogP contribution >= 0.6 is 13.5 Å². The van der Waals surface area contributed by atoms with E-state index in [1.165, 1.54) is 0 Å². The molecule has 2 N–H and O–H groups in total. The van der Waals surface area contributed by atoms with E-state index in [0.717, 1.165) is 0 Å². The van der Waals surface area contributed by atoms with Gasteiger partial charge in [0.15, 0.2) is 0 Å². The van der Waals surface area contributed by atoms with Crippen molar-refractivity contribution in [3.8, 4) is 0 Å². The minimum Gasteiger partial charge on any atom is -0.412 e. The molecule has 0 rings (SSSR count). The molecule has 0 aliphatic carbocycles. The molecule has 0 saturated carbocycles. The van der Waals surface area contributed by atoms with Gasteiger partial charge in [0.1, 0.15) is 0 Å². The van der Waals surface area contributed by atoms with Gasteiger partial charge in [-0.15, -0.1) is 0 Å². The zero-order valence-electron chi connectivity index (χ0n) is 1.96. The van der Waals surface area contributed by atoms with E-state index in [2.05, 4.69) is 0 Å². The number of hydrogen-bond donors (Lipinski definition) is 0. The van der Waals surface area contributed by atoms with Gasteiger partial charge in [-0.25, -0.2) is 0 Å². The molecule has 0 atom stereocenters. The van der Waals surface area contributed by atoms with Crippen molar-refractivity contribution in [2.75, 3.05) is 0 Å². The van der Waals surface area contributed by atoms with E-state index < -0.39 is 0 Å². The second kappa shape index (κ2) is 16.7. The normalized spacial score (nSPS) is 0. The molecule has 0 aliphatic rings. The van der Waals surface area contributed by atoms with Crippen LogP contribution in [-0.2, 0) is 32.7 Å². The van der Waals surface area contributed by atoms with Crippen molar-refractivity contribution in [3.63, 3.8) is 0 Å². The van der Waals surface area contributed by atoms with Gasteiger partial charge in [-0.1, -0.05) is 0 Å². The summed E-state index contributed by atoms with van der Waals surface area (Å²) in [6, 6.07) is 0. The summed E-state index contributed by atoms with van der Waals surface area (Å²) >= 11 is 0. The Labute approximate surface area is 98.5 Å². The van der Waals surface area contributed by atoms with Crippen molar-refractivity contribution >= 4 is 13.5 Å². The molecule has 0 aromatic heterocycles. The van der Waals surface area contributed by atoms with Gasteiger partial charge >= 0.3 is 0 Å². The van der Waals surface area contributed by atoms with E-state index >= 15 is 0 Å². The average molecular weight is 293 g/mol. The Hall–Kier alpha value is 3.00. The average Bonchev–Trinajstić information content (AvgIpc) is 0. The van der Waals surface area contributed by atoms with E-state index in [9.17, 15) is 0 Å². The molecule has 0 unspecified atom stereocenters. The van der Waals surface area contributed by atoms with Gasteiger partial charge in [0.2, 0.25) is 0 Å². The summed E-state index contributed by atoms with van der Waals surface area (Å²) in [7, 11) is 0. The predicted octanol–water partition coefficient (Wildman–Crippen LogP) is -0.714. The molecule has 0 spiro atoms. The quantitative estimate of drug-likeness (QED) is 0.565. The SMILES string of the molecule is O.S.[Eu].[Y]. The first-order valence-corrected chi connectivity index (χ1v) is 0. The fraction of sp³-hybridized carbons (Fsp3) is 0. The third-order valence-corrected chi connectivity index (χ3v) is 0. The Kier molecular flexibility index (Phi) is 117. The molecule has 0 aliphatic heterocycles. The van der Waals surface area contributed by atoms with Crippen LogP contribution in [-0.4, -0.2) is 5.48 Å². The minimum atomic E-state index is 0. The Balaban J connectivity index is 0. The van der Waals surface area contributed by atoms with Crippen molar-refractivity contribution in [2.24, 2.45) is 0 Å². The van der Waals surface area contributed by atoms with Crippen molar-refractivity contribution in [1.82, 2.24) is 0 Å². The zero-order valence-corrected chi connectivity index (χ0v) is 8.22. The second-order valence-corrected chi connectivity index (χ2v) is 0. The van der Waals surface area contributed by atoms with E-state index in [4.69, 9.17) is 0 Å². The third-order valence-electron chi connectivity index (χ3n) is 0. The molecular formula is H4EuOSY. The predicted molar refractivity (Wildman–Crippen MR) is 14.0 cm³/mol. The van der Waals surface area contributed by atoms with Crippen LogP contribution in [0.1, 0.15) is 0 Å². The van der Waals surface area contributed by atoms with Crippen molar-refractivity contribution in [1.29, 1.82) is 0 Å². The first-order valence-electron chi connectivity index (χ1n) is 0. The fourth-order valence-corrected chi connectivity index (χ4v) is 0. The summed E-state index contributed by atoms with van der Waals surface area (Å²) in [5.74, 6) is 0. The van der Waals surface area contributed by atoms with Gasteiger partial charge in [-0.2, -0.15) is 13.5 Å². The molecule has 0 amide bonds. The van der Waals surface area contributed by atoms with Gasteiger partial charge < -0.3 is 5.48 Å². The molecule has 2 radical (unpaired) electrons. The van der Waals surface area contributed by atoms with Crippen molar-refractivity contribution in [2.45, 2.75) is 0 Å². The van der Waals surface area contributed by atoms with E-state index in [0.29, 0.717) is 0 Å². The molecule has 0 heterocycles. The number of rotatable bonds is 0. The third kappa shape index (κ3) is 8.89. The van der Waals surface area contributed by atoms with Crippen LogP contribution < -0.4 is 0 Å². The summed E-state index contributed by atoms with van der Waals surface area (Å²) in [6.45, 7) is 0. The zero-order chi connectivity index (χ0) is 0. The van der Waals surface area contributed by atoms with Crippen LogP contribution in [0, 0.1) is 49.4 Å². The molecule has 4 heteroatoms. The largest absolute Gasteiger partial charge is 0.412 e. The molecule has 0 fully saturated rings. The molecule has 0 bridgehead atoms. The Bertz CT molecular complexity index is 8.00. The maximum Gasteiger partial charge on any atom is 0 e. The van der Waals surface area contributed by atoms with E-state index in [1.807, 2.05) is 0 Å². The first-order chi connectivity index (χ1) is 0. The standard InChI is InChI=1S/Eu.H2O.H2S.Y/h;2*1H2;. The summed E-state index contributed by atoms with van der Waals surface area (Å²) in [5, 5.41) is 0. The van der Waals surface area contributed by atoms with Crippen LogP contribution in [0.5, 0.6) is 0 Å². The smallest absolute Gasteiger partial charge is 0 e. The van der Waals surface area contributed by atoms with Crippen molar-refractivity contribution < 1.29 is 87.6 Å². The Morgan fingerprint density at radius 1 is 1.00 bits per heavy atom. The molecule has 4 heavy (non-hydrogen) atoms. The Morgan fingerprint density at radius 2 is 1.00 bits per heavy atom. The summed E-state index contributed by atoms with van der Waals surface area (Å²) < 4.78 is 0. The van der Waals surface area contributed by atoms with Gasteiger partial charge in [-0.05, 0) is 0 Å². The van der Waals surface area contributed by atoms with Gasteiger partial charge in [0, 0.05) is 82.1 Å². The number of hydrogen-bond acceptors (Lipinski definition) is 0. The molecule has 0 saturated heterocycles. The van der Waals surface area contributed by atoms with Crippen LogP contribution in [0.4, 0.5) is 0 Å². The minimum absolute atomic E-state index is 0. The maximum atomic E-state index is 0. The van der Waals surface area contributed by atoms with Crippen molar-refractivity contribution in [3.05, 3.63) is 0 Å². The second-order valence-electron chi connectivity index (χ2n) is 0. The van der Waals surface area contributed by atoms with Gasteiger partial charge in [0.25, 0.3) is 0 Å². The maximum absolute atomic E-state index is 0. The van der Waals surface area contributed by atoms with E-state index in [-0.39, 0.29) is 101 Å². The summed E-state index contributed by atoms with van der Waals surface area (Å²) in [4.78, 5) is 0. The monoisotopic (exact) mass is 294 g/mol. The Morgan fingerprint density at radius 3 is 1.00 bits per heavy atom. The van der Waals surface area contributed by atoms with Crippen LogP contribution in [0.2, 0.25) is 0 Å². The molecule has 26 valence electrons. The van der Waals surface area contributed by atoms with Crippen LogP contribution in [0.15, 0.2) is 0 Å². The van der Waals surface area contributed by atoms with E-state index in [1.54, 1.807) is 0 Å². The molecule has 1 nitrogen and oxygen atoms in total. The summed E-state index contributed by atoms with van der Waals surface area (Å²) in [6.07, 6.45) is 0. The fourth-order valence-electron chi connectivity index (χ4n) is 0. The van der Waals surface area contributed by atoms with Crippen LogP contribution in [0.25, 0.3) is 0 Å². The van der Waals surface area contributed by atoms with Crippen LogP contribution in [0.3, 0.4) is 0 Å². The topological polar surface area (TPSA) is 31.5 Å². The summed E-state index contributed by atoms with van der Waals surface area (Å²) in [5.41, 5.74) is 0. The molecule has 0 aromatic carbocycles. The molecular weight excluding hydrogens is 289 g/mol. The van der Waals surface area contributed by atoms with Gasteiger partial charge in [0.05, 0.1) is 0 Å². The van der Waals surface area contributed by atoms with Gasteiger partial charge in [-0.3, -0.25) is 0 Å². The first kappa shape index (κ1) is 28.0.